The van der Waals surface area contributed by atoms with Gasteiger partial charge in [-0.1, -0.05) is 30.3 Å². The molecule has 5 nitrogen and oxygen atoms in total. The minimum atomic E-state index is -0.0503. The van der Waals surface area contributed by atoms with Gasteiger partial charge in [-0.25, -0.2) is 0 Å². The number of aromatic nitrogens is 2. The molecule has 3 rings (SSSR count). The van der Waals surface area contributed by atoms with Crippen molar-refractivity contribution in [3.05, 3.63) is 60.6 Å². The molecule has 112 valence electrons. The molecule has 3 aromatic rings. The van der Waals surface area contributed by atoms with Crippen LogP contribution in [0.1, 0.15) is 12.2 Å². The van der Waals surface area contributed by atoms with Crippen LogP contribution in [0.4, 0.5) is 5.69 Å². The fraction of sp³-hybridized carbons (Fsp3) is 0.176. The summed E-state index contributed by atoms with van der Waals surface area (Å²) in [6, 6.07) is 13.8. The van der Waals surface area contributed by atoms with Crippen LogP contribution in [0.25, 0.3) is 11.3 Å². The minimum absolute atomic E-state index is 0.0503. The summed E-state index contributed by atoms with van der Waals surface area (Å²) in [7, 11) is 1.81. The third-order valence-electron chi connectivity index (χ3n) is 3.31. The van der Waals surface area contributed by atoms with Gasteiger partial charge in [0.1, 0.15) is 11.5 Å². The number of nitrogens with zero attached hydrogens (tertiary/aromatic N) is 2. The van der Waals surface area contributed by atoms with E-state index in [2.05, 4.69) is 10.4 Å². The van der Waals surface area contributed by atoms with Crippen molar-refractivity contribution in [2.24, 2.45) is 7.05 Å². The second kappa shape index (κ2) is 6.30. The molecule has 1 aromatic carbocycles. The van der Waals surface area contributed by atoms with Gasteiger partial charge in [0.25, 0.3) is 0 Å². The topological polar surface area (TPSA) is 60.1 Å². The molecule has 0 bridgehead atoms. The zero-order valence-electron chi connectivity index (χ0n) is 12.3. The van der Waals surface area contributed by atoms with Gasteiger partial charge < -0.3 is 9.73 Å². The molecule has 0 fully saturated rings. The van der Waals surface area contributed by atoms with Crippen LogP contribution in [0.15, 0.2) is 59.3 Å². The Morgan fingerprint density at radius 2 is 2.05 bits per heavy atom. The number of carbonyl (C=O) groups excluding carboxylic acids is 1. The molecule has 0 atom stereocenters. The lowest BCUT2D eigenvalue weighted by Crippen LogP contribution is -2.11. The molecule has 0 aliphatic heterocycles. The summed E-state index contributed by atoms with van der Waals surface area (Å²) in [6.45, 7) is 0. The van der Waals surface area contributed by atoms with Crippen LogP contribution in [-0.2, 0) is 18.3 Å². The first-order valence-electron chi connectivity index (χ1n) is 7.13. The van der Waals surface area contributed by atoms with E-state index < -0.39 is 0 Å². The van der Waals surface area contributed by atoms with Crippen molar-refractivity contribution in [3.8, 4) is 11.3 Å². The smallest absolute Gasteiger partial charge is 0.224 e. The first kappa shape index (κ1) is 14.1. The van der Waals surface area contributed by atoms with Crippen LogP contribution in [0.2, 0.25) is 0 Å². The van der Waals surface area contributed by atoms with E-state index in [1.54, 1.807) is 17.1 Å². The summed E-state index contributed by atoms with van der Waals surface area (Å²) in [6.07, 6.45) is 4.33. The van der Waals surface area contributed by atoms with Gasteiger partial charge in [-0.2, -0.15) is 5.10 Å². The number of amides is 1. The van der Waals surface area contributed by atoms with Gasteiger partial charge in [0.05, 0.1) is 11.9 Å². The number of rotatable bonds is 5. The van der Waals surface area contributed by atoms with Gasteiger partial charge in [0.2, 0.25) is 5.91 Å². The molecule has 0 saturated carbocycles. The third kappa shape index (κ3) is 3.44. The number of hydrogen-bond donors (Lipinski definition) is 1. The van der Waals surface area contributed by atoms with Crippen molar-refractivity contribution in [2.75, 3.05) is 5.32 Å². The van der Waals surface area contributed by atoms with Crippen LogP contribution in [0.3, 0.4) is 0 Å². The van der Waals surface area contributed by atoms with Gasteiger partial charge in [-0.15, -0.1) is 0 Å². The lowest BCUT2D eigenvalue weighted by Gasteiger charge is -2.01. The highest BCUT2D eigenvalue weighted by molar-refractivity contribution is 5.90. The maximum Gasteiger partial charge on any atom is 0.224 e. The minimum Gasteiger partial charge on any atom is -0.461 e. The van der Waals surface area contributed by atoms with E-state index >= 15 is 0 Å². The summed E-state index contributed by atoms with van der Waals surface area (Å²) in [5.41, 5.74) is 1.74. The molecule has 0 saturated heterocycles. The lowest BCUT2D eigenvalue weighted by molar-refractivity contribution is -0.116. The quantitative estimate of drug-likeness (QED) is 0.786. The highest BCUT2D eigenvalue weighted by Crippen LogP contribution is 2.22. The summed E-state index contributed by atoms with van der Waals surface area (Å²) in [4.78, 5) is 11.9. The Morgan fingerprint density at radius 3 is 2.77 bits per heavy atom. The molecule has 22 heavy (non-hydrogen) atoms. The fourth-order valence-electron chi connectivity index (χ4n) is 2.22. The van der Waals surface area contributed by atoms with Gasteiger partial charge >= 0.3 is 0 Å². The number of furan rings is 1. The van der Waals surface area contributed by atoms with Crippen molar-refractivity contribution in [2.45, 2.75) is 12.8 Å². The number of hydrogen-bond acceptors (Lipinski definition) is 3. The maximum atomic E-state index is 11.9. The van der Waals surface area contributed by atoms with Crippen molar-refractivity contribution in [1.29, 1.82) is 0 Å². The number of carbonyl (C=O) groups is 1. The SMILES string of the molecule is Cn1cc(NC(=O)CCc2ccc(-c3ccccc3)o2)cn1. The van der Waals surface area contributed by atoms with E-state index in [0.717, 1.165) is 17.1 Å². The fourth-order valence-corrected chi connectivity index (χ4v) is 2.22. The van der Waals surface area contributed by atoms with E-state index in [1.165, 1.54) is 0 Å². The zero-order chi connectivity index (χ0) is 15.4. The van der Waals surface area contributed by atoms with Crippen molar-refractivity contribution in [1.82, 2.24) is 9.78 Å². The predicted molar refractivity (Wildman–Crippen MR) is 84.3 cm³/mol. The molecule has 0 aliphatic rings. The molecular formula is C17H17N3O2. The average Bonchev–Trinajstić information content (AvgIpc) is 3.15. The Bertz CT molecular complexity index is 759. The van der Waals surface area contributed by atoms with E-state index in [4.69, 9.17) is 4.42 Å². The van der Waals surface area contributed by atoms with Crippen molar-refractivity contribution < 1.29 is 9.21 Å². The maximum absolute atomic E-state index is 11.9. The largest absolute Gasteiger partial charge is 0.461 e. The van der Waals surface area contributed by atoms with E-state index in [9.17, 15) is 4.79 Å². The normalized spacial score (nSPS) is 10.6. The Morgan fingerprint density at radius 1 is 1.23 bits per heavy atom. The van der Waals surface area contributed by atoms with Gasteiger partial charge in [0, 0.05) is 31.6 Å². The van der Waals surface area contributed by atoms with Crippen LogP contribution in [-0.4, -0.2) is 15.7 Å². The van der Waals surface area contributed by atoms with E-state index in [-0.39, 0.29) is 5.91 Å². The molecule has 2 heterocycles. The van der Waals surface area contributed by atoms with Crippen LogP contribution in [0, 0.1) is 0 Å². The Labute approximate surface area is 128 Å². The third-order valence-corrected chi connectivity index (χ3v) is 3.31. The molecular weight excluding hydrogens is 278 g/mol. The monoisotopic (exact) mass is 295 g/mol. The molecule has 1 N–H and O–H groups in total. The van der Waals surface area contributed by atoms with Gasteiger partial charge in [-0.3, -0.25) is 9.48 Å². The molecule has 1 amide bonds. The summed E-state index contributed by atoms with van der Waals surface area (Å²) >= 11 is 0. The summed E-state index contributed by atoms with van der Waals surface area (Å²) in [5.74, 6) is 1.58. The number of anilines is 1. The van der Waals surface area contributed by atoms with E-state index in [1.807, 2.05) is 49.5 Å². The second-order valence-electron chi connectivity index (χ2n) is 5.08. The molecule has 2 aromatic heterocycles. The summed E-state index contributed by atoms with van der Waals surface area (Å²) < 4.78 is 7.43. The van der Waals surface area contributed by atoms with Crippen molar-refractivity contribution in [3.63, 3.8) is 0 Å². The van der Waals surface area contributed by atoms with Gasteiger partial charge in [-0.05, 0) is 12.1 Å². The first-order chi connectivity index (χ1) is 10.7. The molecule has 0 spiro atoms. The Kier molecular flexibility index (Phi) is 4.05. The highest BCUT2D eigenvalue weighted by atomic mass is 16.3. The van der Waals surface area contributed by atoms with Crippen LogP contribution >= 0.6 is 0 Å². The number of benzene rings is 1. The predicted octanol–water partition coefficient (Wildman–Crippen LogP) is 3.25. The number of aryl methyl sites for hydroxylation is 2. The van der Waals surface area contributed by atoms with Crippen molar-refractivity contribution >= 4 is 11.6 Å². The standard InChI is InChI=1S/C17H17N3O2/c1-20-12-14(11-18-20)19-17(21)10-8-15-7-9-16(22-15)13-5-3-2-4-6-13/h2-7,9,11-12H,8,10H2,1H3,(H,19,21). The Hall–Kier alpha value is -2.82. The van der Waals surface area contributed by atoms with Crippen LogP contribution < -0.4 is 5.32 Å². The molecule has 0 aliphatic carbocycles. The molecule has 0 unspecified atom stereocenters. The number of nitrogens with one attached hydrogen (secondary N) is 1. The molecule has 5 heteroatoms. The highest BCUT2D eigenvalue weighted by Gasteiger charge is 2.08. The Balaban J connectivity index is 1.56. The first-order valence-corrected chi connectivity index (χ1v) is 7.13. The zero-order valence-corrected chi connectivity index (χ0v) is 12.3. The average molecular weight is 295 g/mol. The van der Waals surface area contributed by atoms with E-state index in [0.29, 0.717) is 18.5 Å². The molecule has 0 radical (unpaired) electrons. The van der Waals surface area contributed by atoms with Crippen LogP contribution in [0.5, 0.6) is 0 Å². The second-order valence-corrected chi connectivity index (χ2v) is 5.08. The summed E-state index contributed by atoms with van der Waals surface area (Å²) in [5, 5.41) is 6.82. The lowest BCUT2D eigenvalue weighted by atomic mass is 10.2. The van der Waals surface area contributed by atoms with Gasteiger partial charge in [0.15, 0.2) is 0 Å².